The average molecular weight is 624 g/mol. The molecule has 0 spiro atoms. The molecule has 0 amide bonds. The predicted octanol–water partition coefficient (Wildman–Crippen LogP) is 1.28. The molecule has 2 heterocycles. The highest BCUT2D eigenvalue weighted by Crippen LogP contribution is 2.47. The summed E-state index contributed by atoms with van der Waals surface area (Å²) in [5.74, 6) is 0.0440. The number of aliphatic hydroxyl groups is 1. The van der Waals surface area contributed by atoms with Crippen molar-refractivity contribution in [2.24, 2.45) is 4.85 Å². The van der Waals surface area contributed by atoms with E-state index >= 15 is 0 Å². The Hall–Kier alpha value is -2.32. The number of aromatic amines is 1. The molecule has 1 aromatic carbocycles. The highest BCUT2D eigenvalue weighted by molar-refractivity contribution is 9.10. The summed E-state index contributed by atoms with van der Waals surface area (Å²) in [4.78, 5) is 53.2. The second-order valence-corrected chi connectivity index (χ2v) is 11.6. The van der Waals surface area contributed by atoms with Crippen molar-refractivity contribution in [1.29, 1.82) is 0 Å². The summed E-state index contributed by atoms with van der Waals surface area (Å²) in [5, 5.41) is 10.6. The van der Waals surface area contributed by atoms with Gasteiger partial charge in [0.2, 0.25) is 0 Å². The summed E-state index contributed by atoms with van der Waals surface area (Å²) in [5.41, 5.74) is -0.0403. The van der Waals surface area contributed by atoms with Crippen molar-refractivity contribution in [2.45, 2.75) is 48.5 Å². The maximum absolute atomic E-state index is 12.1. The molecule has 3 N–H and O–H groups in total. The second kappa shape index (κ2) is 12.0. The third-order valence-electron chi connectivity index (χ3n) is 5.10. The molecule has 3 rings (SSSR count). The molecule has 0 bridgehead atoms. The number of aliphatic hydroxyl groups excluding tert-OH is 1. The van der Waals surface area contributed by atoms with Crippen LogP contribution in [0.15, 0.2) is 51.0 Å². The third-order valence-corrected chi connectivity index (χ3v) is 7.00. The zero-order chi connectivity index (χ0) is 27.4. The fraction of sp³-hybridized carbons (Fsp3) is 0.476. The first-order chi connectivity index (χ1) is 17.3. The number of hydrogen-bond donors (Lipinski definition) is 3. The van der Waals surface area contributed by atoms with Crippen molar-refractivity contribution < 1.29 is 33.5 Å². The van der Waals surface area contributed by atoms with Crippen molar-refractivity contribution in [3.63, 3.8) is 0 Å². The zero-order valence-electron chi connectivity index (χ0n) is 19.9. The van der Waals surface area contributed by atoms with E-state index in [4.69, 9.17) is 30.3 Å². The van der Waals surface area contributed by atoms with Gasteiger partial charge in [-0.3, -0.25) is 18.9 Å². The molecule has 0 radical (unpaired) electrons. The molecule has 5 atom stereocenters. The highest BCUT2D eigenvalue weighted by Gasteiger charge is 2.55. The van der Waals surface area contributed by atoms with Crippen LogP contribution in [0.3, 0.4) is 0 Å². The normalized spacial score (nSPS) is 24.1. The lowest BCUT2D eigenvalue weighted by Gasteiger charge is -2.24. The monoisotopic (exact) mass is 622 g/mol. The summed E-state index contributed by atoms with van der Waals surface area (Å²) in [6.07, 6.45) is -2.14. The van der Waals surface area contributed by atoms with Crippen LogP contribution in [0.25, 0.3) is 0 Å². The van der Waals surface area contributed by atoms with Crippen molar-refractivity contribution >= 4 is 41.7 Å². The first kappa shape index (κ1) is 29.2. The Balaban J connectivity index is 1.58. The third kappa shape index (κ3) is 7.17. The molecule has 1 aliphatic rings. The smallest absolute Gasteiger partial charge is 0.412 e. The van der Waals surface area contributed by atoms with Crippen LogP contribution in [-0.4, -0.2) is 55.4 Å². The van der Waals surface area contributed by atoms with Crippen molar-refractivity contribution in [3.05, 3.63) is 57.4 Å². The first-order valence-electron chi connectivity index (χ1n) is 10.9. The van der Waals surface area contributed by atoms with Gasteiger partial charge < -0.3 is 24.2 Å². The fourth-order valence-corrected chi connectivity index (χ4v) is 4.72. The molecule has 1 saturated heterocycles. The SMILES string of the molecule is CCOC(=O)C(C)(C)N/N=[P+](\[O-])Oc1ccc(OC[C@H]2O[C@@H](n3ccc(=O)[nH]c3=O)[C@](Cl)(Br)[C@@H]2O)cc1. The standard InChI is InChI=1S/C21H25BrClN4O9P/c1-4-33-18(30)20(2,3)25-26-37(32)36-13-7-5-12(6-8-13)34-11-14-16(29)21(22,23)17(35-14)27-10-9-15(28)24-19(27)31/h5-10,14,16-17,25,29H,4,11H2,1-3H3,(H,24,28,31)/t14-,16-,17-,21+/m1/s1. The molecule has 13 nitrogen and oxygen atoms in total. The molecule has 1 aromatic heterocycles. The van der Waals surface area contributed by atoms with Crippen LogP contribution in [0.5, 0.6) is 11.5 Å². The van der Waals surface area contributed by atoms with E-state index in [2.05, 4.69) is 31.2 Å². The summed E-state index contributed by atoms with van der Waals surface area (Å²) < 4.78 is 21.0. The minimum absolute atomic E-state index is 0.132. The Kier molecular flexibility index (Phi) is 9.51. The minimum Gasteiger partial charge on any atom is -0.574 e. The van der Waals surface area contributed by atoms with E-state index in [0.717, 1.165) is 10.6 Å². The van der Waals surface area contributed by atoms with E-state index < -0.39 is 53.1 Å². The number of benzene rings is 1. The van der Waals surface area contributed by atoms with Crippen LogP contribution >= 0.6 is 35.7 Å². The summed E-state index contributed by atoms with van der Waals surface area (Å²) in [7, 11) is -2.54. The van der Waals surface area contributed by atoms with Gasteiger partial charge in [0.15, 0.2) is 15.8 Å². The molecule has 2 aromatic rings. The van der Waals surface area contributed by atoms with Gasteiger partial charge in [0.25, 0.3) is 5.56 Å². The molecule has 202 valence electrons. The van der Waals surface area contributed by atoms with E-state index in [0.29, 0.717) is 5.75 Å². The predicted molar refractivity (Wildman–Crippen MR) is 135 cm³/mol. The number of nitrogens with zero attached hydrogens (tertiary/aromatic N) is 2. The highest BCUT2D eigenvalue weighted by atomic mass is 79.9. The number of carbonyl (C=O) groups excluding carboxylic acids is 1. The van der Waals surface area contributed by atoms with E-state index in [1.807, 2.05) is 0 Å². The molecular formula is C21H25BrClN4O9P. The number of aromatic nitrogens is 2. The minimum atomic E-state index is -2.54. The van der Waals surface area contributed by atoms with Crippen LogP contribution in [0.1, 0.15) is 27.0 Å². The number of nitrogens with one attached hydrogen (secondary N) is 2. The quantitative estimate of drug-likeness (QED) is 0.151. The van der Waals surface area contributed by atoms with Gasteiger partial charge in [-0.15, -0.1) is 0 Å². The molecule has 0 aliphatic carbocycles. The van der Waals surface area contributed by atoms with Gasteiger partial charge in [-0.1, -0.05) is 27.5 Å². The number of hydrogen-bond acceptors (Lipinski definition) is 10. The van der Waals surface area contributed by atoms with Gasteiger partial charge >= 0.3 is 19.8 Å². The second-order valence-electron chi connectivity index (χ2n) is 8.33. The number of carbonyl (C=O) groups is 1. The Labute approximate surface area is 225 Å². The van der Waals surface area contributed by atoms with Crippen molar-refractivity contribution in [2.75, 3.05) is 13.2 Å². The topological polar surface area (TPSA) is 177 Å². The van der Waals surface area contributed by atoms with Gasteiger partial charge in [-0.2, -0.15) is 5.43 Å². The molecule has 1 aliphatic heterocycles. The number of rotatable bonds is 10. The number of H-pyrrole nitrogens is 1. The van der Waals surface area contributed by atoms with E-state index in [-0.39, 0.29) is 19.0 Å². The Morgan fingerprint density at radius 1 is 1.35 bits per heavy atom. The lowest BCUT2D eigenvalue weighted by atomic mass is 10.1. The number of esters is 1. The fourth-order valence-electron chi connectivity index (χ4n) is 3.13. The van der Waals surface area contributed by atoms with E-state index in [9.17, 15) is 24.4 Å². The molecule has 16 heteroatoms. The average Bonchev–Trinajstić information content (AvgIpc) is 3.06. The Morgan fingerprint density at radius 3 is 2.62 bits per heavy atom. The van der Waals surface area contributed by atoms with Gasteiger partial charge in [0, 0.05) is 17.1 Å². The maximum Gasteiger partial charge on any atom is 0.412 e. The van der Waals surface area contributed by atoms with Crippen molar-refractivity contribution in [3.8, 4) is 11.5 Å². The number of halogens is 2. The zero-order valence-corrected chi connectivity index (χ0v) is 23.2. The maximum atomic E-state index is 12.1. The number of ether oxygens (including phenoxy) is 3. The van der Waals surface area contributed by atoms with Crippen LogP contribution in [-0.2, 0) is 14.3 Å². The van der Waals surface area contributed by atoms with Gasteiger partial charge in [0.1, 0.15) is 30.1 Å². The molecule has 1 fully saturated rings. The Morgan fingerprint density at radius 2 is 2.00 bits per heavy atom. The summed E-state index contributed by atoms with van der Waals surface area (Å²) in [6.45, 7) is 4.79. The largest absolute Gasteiger partial charge is 0.574 e. The first-order valence-corrected chi connectivity index (χ1v) is 13.2. The molecule has 0 saturated carbocycles. The lowest BCUT2D eigenvalue weighted by molar-refractivity contribution is -0.169. The molecular weight excluding hydrogens is 599 g/mol. The molecule has 37 heavy (non-hydrogen) atoms. The van der Waals surface area contributed by atoms with Crippen LogP contribution in [0.2, 0.25) is 0 Å². The van der Waals surface area contributed by atoms with Gasteiger partial charge in [-0.25, -0.2) is 9.59 Å². The van der Waals surface area contributed by atoms with Gasteiger partial charge in [0.05, 0.1) is 6.61 Å². The van der Waals surface area contributed by atoms with E-state index in [1.165, 1.54) is 44.3 Å². The molecule has 1 unspecified atom stereocenters. The number of alkyl halides is 2. The Bertz CT molecular complexity index is 1250. The van der Waals surface area contributed by atoms with Crippen LogP contribution < -0.4 is 30.8 Å². The van der Waals surface area contributed by atoms with Crippen LogP contribution in [0, 0.1) is 0 Å². The van der Waals surface area contributed by atoms with Crippen LogP contribution in [0.4, 0.5) is 0 Å². The van der Waals surface area contributed by atoms with Crippen molar-refractivity contribution in [1.82, 2.24) is 15.0 Å². The summed E-state index contributed by atoms with van der Waals surface area (Å²) >= 11 is 9.62. The summed E-state index contributed by atoms with van der Waals surface area (Å²) in [6, 6.07) is 7.16. The van der Waals surface area contributed by atoms with Gasteiger partial charge in [-0.05, 0) is 45.0 Å². The van der Waals surface area contributed by atoms with E-state index in [1.54, 1.807) is 6.92 Å². The lowest BCUT2D eigenvalue weighted by Crippen LogP contribution is -2.45.